The average Bonchev–Trinajstić information content (AvgIpc) is 2.42. The second-order valence-corrected chi connectivity index (χ2v) is 4.66. The molecule has 0 saturated heterocycles. The van der Waals surface area contributed by atoms with Crippen LogP contribution in [0.3, 0.4) is 0 Å². The minimum atomic E-state index is -0.357. The molecule has 0 fully saturated rings. The number of hydrogen-bond donors (Lipinski definition) is 1. The van der Waals surface area contributed by atoms with Crippen molar-refractivity contribution in [2.45, 2.75) is 38.8 Å². The number of rotatable bonds is 8. The highest BCUT2D eigenvalue weighted by molar-refractivity contribution is 5.35. The Kier molecular flexibility index (Phi) is 6.45. The van der Waals surface area contributed by atoms with Crippen molar-refractivity contribution in [3.05, 3.63) is 39.9 Å². The fraction of sp³-hybridized carbons (Fsp3) is 0.571. The minimum absolute atomic E-state index is 0.131. The largest absolute Gasteiger partial charge is 0.385 e. The van der Waals surface area contributed by atoms with Crippen LogP contribution >= 0.6 is 0 Å². The lowest BCUT2D eigenvalue weighted by Crippen LogP contribution is -2.31. The summed E-state index contributed by atoms with van der Waals surface area (Å²) in [4.78, 5) is 10.4. The molecule has 106 valence electrons. The van der Waals surface area contributed by atoms with Crippen molar-refractivity contribution in [2.24, 2.45) is 0 Å². The summed E-state index contributed by atoms with van der Waals surface area (Å²) < 4.78 is 5.05. The van der Waals surface area contributed by atoms with Gasteiger partial charge in [0.2, 0.25) is 0 Å². The first kappa shape index (κ1) is 15.6. The molecule has 1 rings (SSSR count). The van der Waals surface area contributed by atoms with Crippen LogP contribution in [0.4, 0.5) is 5.69 Å². The van der Waals surface area contributed by atoms with Crippen molar-refractivity contribution in [1.29, 1.82) is 0 Å². The molecule has 0 aliphatic carbocycles. The van der Waals surface area contributed by atoms with E-state index in [1.807, 2.05) is 6.07 Å². The van der Waals surface area contributed by atoms with Crippen LogP contribution in [0.1, 0.15) is 38.3 Å². The van der Waals surface area contributed by atoms with E-state index in [2.05, 4.69) is 19.2 Å². The molecule has 0 aliphatic rings. The molecule has 0 heterocycles. The molecular weight excluding hydrogens is 244 g/mol. The zero-order chi connectivity index (χ0) is 14.3. The molecule has 1 N–H and O–H groups in total. The van der Waals surface area contributed by atoms with Gasteiger partial charge in [0, 0.05) is 37.9 Å². The number of nitrogens with one attached hydrogen (secondary N) is 1. The third-order valence-corrected chi connectivity index (χ3v) is 3.13. The third-order valence-electron chi connectivity index (χ3n) is 3.13. The molecule has 0 saturated carbocycles. The SMILES string of the molecule is CCC(NC(C)CCOC)c1cccc([N+](=O)[O-])c1. The maximum Gasteiger partial charge on any atom is 0.269 e. The molecule has 19 heavy (non-hydrogen) atoms. The maximum absolute atomic E-state index is 10.8. The monoisotopic (exact) mass is 266 g/mol. The average molecular weight is 266 g/mol. The summed E-state index contributed by atoms with van der Waals surface area (Å²) in [6.07, 6.45) is 1.81. The normalized spacial score (nSPS) is 14.1. The number of nitro groups is 1. The molecule has 2 atom stereocenters. The molecule has 5 heteroatoms. The van der Waals surface area contributed by atoms with Gasteiger partial charge in [-0.3, -0.25) is 10.1 Å². The van der Waals surface area contributed by atoms with Gasteiger partial charge in [0.15, 0.2) is 0 Å². The predicted octanol–water partition coefficient (Wildman–Crippen LogP) is 3.06. The summed E-state index contributed by atoms with van der Waals surface area (Å²) in [6.45, 7) is 4.87. The molecule has 1 aromatic rings. The van der Waals surface area contributed by atoms with Crippen molar-refractivity contribution in [1.82, 2.24) is 5.32 Å². The van der Waals surface area contributed by atoms with Crippen molar-refractivity contribution in [2.75, 3.05) is 13.7 Å². The smallest absolute Gasteiger partial charge is 0.269 e. The van der Waals surface area contributed by atoms with Gasteiger partial charge in [-0.2, -0.15) is 0 Å². The van der Waals surface area contributed by atoms with Crippen LogP contribution in [0.15, 0.2) is 24.3 Å². The molecule has 0 amide bonds. The first-order valence-corrected chi connectivity index (χ1v) is 6.57. The summed E-state index contributed by atoms with van der Waals surface area (Å²) in [7, 11) is 1.69. The van der Waals surface area contributed by atoms with Crippen LogP contribution in [0.25, 0.3) is 0 Å². The van der Waals surface area contributed by atoms with E-state index in [0.29, 0.717) is 12.6 Å². The van der Waals surface area contributed by atoms with Gasteiger partial charge in [0.05, 0.1) is 4.92 Å². The molecule has 0 bridgehead atoms. The van der Waals surface area contributed by atoms with E-state index in [9.17, 15) is 10.1 Å². The Hall–Kier alpha value is -1.46. The third kappa shape index (κ3) is 4.96. The number of nitro benzene ring substituents is 1. The van der Waals surface area contributed by atoms with Crippen molar-refractivity contribution in [3.8, 4) is 0 Å². The molecule has 2 unspecified atom stereocenters. The Morgan fingerprint density at radius 3 is 2.79 bits per heavy atom. The predicted molar refractivity (Wildman–Crippen MR) is 75.2 cm³/mol. The maximum atomic E-state index is 10.8. The molecular formula is C14H22N2O3. The van der Waals surface area contributed by atoms with E-state index in [1.54, 1.807) is 19.2 Å². The van der Waals surface area contributed by atoms with E-state index in [-0.39, 0.29) is 16.7 Å². The molecule has 1 aromatic carbocycles. The Morgan fingerprint density at radius 2 is 2.21 bits per heavy atom. The van der Waals surface area contributed by atoms with Crippen LogP contribution in [-0.2, 0) is 4.74 Å². The first-order chi connectivity index (χ1) is 9.08. The number of non-ortho nitro benzene ring substituents is 1. The second kappa shape index (κ2) is 7.86. The van der Waals surface area contributed by atoms with Crippen LogP contribution in [-0.4, -0.2) is 24.7 Å². The van der Waals surface area contributed by atoms with Crippen LogP contribution in [0.2, 0.25) is 0 Å². The number of methoxy groups -OCH3 is 1. The number of ether oxygens (including phenoxy) is 1. The number of nitrogens with zero attached hydrogens (tertiary/aromatic N) is 1. The summed E-state index contributed by atoms with van der Waals surface area (Å²) >= 11 is 0. The highest BCUT2D eigenvalue weighted by Crippen LogP contribution is 2.22. The van der Waals surface area contributed by atoms with Crippen molar-refractivity contribution < 1.29 is 9.66 Å². The number of benzene rings is 1. The highest BCUT2D eigenvalue weighted by Gasteiger charge is 2.15. The molecule has 0 radical (unpaired) electrons. The van der Waals surface area contributed by atoms with E-state index < -0.39 is 0 Å². The van der Waals surface area contributed by atoms with Gasteiger partial charge < -0.3 is 10.1 Å². The zero-order valence-electron chi connectivity index (χ0n) is 11.8. The fourth-order valence-corrected chi connectivity index (χ4v) is 2.03. The topological polar surface area (TPSA) is 64.4 Å². The van der Waals surface area contributed by atoms with Gasteiger partial charge in [-0.15, -0.1) is 0 Å². The first-order valence-electron chi connectivity index (χ1n) is 6.57. The van der Waals surface area contributed by atoms with Gasteiger partial charge in [-0.05, 0) is 25.3 Å². The van der Waals surface area contributed by atoms with E-state index in [1.165, 1.54) is 6.07 Å². The van der Waals surface area contributed by atoms with Crippen LogP contribution < -0.4 is 5.32 Å². The van der Waals surface area contributed by atoms with Crippen LogP contribution in [0, 0.1) is 10.1 Å². The Morgan fingerprint density at radius 1 is 1.47 bits per heavy atom. The summed E-state index contributed by atoms with van der Waals surface area (Å²) in [5, 5.41) is 14.3. The molecule has 0 aliphatic heterocycles. The Labute approximate surface area is 114 Å². The second-order valence-electron chi connectivity index (χ2n) is 4.66. The van der Waals surface area contributed by atoms with E-state index in [0.717, 1.165) is 18.4 Å². The lowest BCUT2D eigenvalue weighted by atomic mass is 10.0. The van der Waals surface area contributed by atoms with Gasteiger partial charge in [-0.25, -0.2) is 0 Å². The molecule has 0 spiro atoms. The quantitative estimate of drug-likeness (QED) is 0.580. The standard InChI is InChI=1S/C14H22N2O3/c1-4-14(15-11(2)8-9-19-3)12-6-5-7-13(10-12)16(17)18/h5-7,10-11,14-15H,4,8-9H2,1-3H3. The number of hydrogen-bond acceptors (Lipinski definition) is 4. The summed E-state index contributed by atoms with van der Waals surface area (Å²) in [5.74, 6) is 0. The summed E-state index contributed by atoms with van der Waals surface area (Å²) in [5.41, 5.74) is 1.10. The van der Waals surface area contributed by atoms with Crippen molar-refractivity contribution >= 4 is 5.69 Å². The molecule has 0 aromatic heterocycles. The van der Waals surface area contributed by atoms with Gasteiger partial charge in [0.1, 0.15) is 0 Å². The Balaban J connectivity index is 2.73. The summed E-state index contributed by atoms with van der Waals surface area (Å²) in [6, 6.07) is 7.26. The van der Waals surface area contributed by atoms with Gasteiger partial charge in [0.25, 0.3) is 5.69 Å². The van der Waals surface area contributed by atoms with Gasteiger partial charge in [-0.1, -0.05) is 19.1 Å². The Bertz CT molecular complexity index is 409. The van der Waals surface area contributed by atoms with E-state index in [4.69, 9.17) is 4.74 Å². The van der Waals surface area contributed by atoms with Gasteiger partial charge >= 0.3 is 0 Å². The van der Waals surface area contributed by atoms with Crippen LogP contribution in [0.5, 0.6) is 0 Å². The van der Waals surface area contributed by atoms with Crippen molar-refractivity contribution in [3.63, 3.8) is 0 Å². The molecule has 5 nitrogen and oxygen atoms in total. The lowest BCUT2D eigenvalue weighted by Gasteiger charge is -2.22. The zero-order valence-corrected chi connectivity index (χ0v) is 11.8. The fourth-order valence-electron chi connectivity index (χ4n) is 2.03. The highest BCUT2D eigenvalue weighted by atomic mass is 16.6. The lowest BCUT2D eigenvalue weighted by molar-refractivity contribution is -0.384. The minimum Gasteiger partial charge on any atom is -0.385 e. The van der Waals surface area contributed by atoms with E-state index >= 15 is 0 Å².